The second-order valence-corrected chi connectivity index (χ2v) is 8.33. The minimum absolute atomic E-state index is 0.0220. The highest BCUT2D eigenvalue weighted by Crippen LogP contribution is 2.67. The van der Waals surface area contributed by atoms with Crippen LogP contribution in [0.3, 0.4) is 0 Å². The van der Waals surface area contributed by atoms with E-state index in [2.05, 4.69) is 4.98 Å². The maximum atomic E-state index is 12.9. The Labute approximate surface area is 151 Å². The second kappa shape index (κ2) is 5.56. The van der Waals surface area contributed by atoms with Gasteiger partial charge in [-0.2, -0.15) is 0 Å². The van der Waals surface area contributed by atoms with Gasteiger partial charge in [0.15, 0.2) is 0 Å². The normalized spacial score (nSPS) is 33.2. The van der Waals surface area contributed by atoms with Gasteiger partial charge in [-0.3, -0.25) is 9.59 Å². The molecule has 3 aliphatic rings. The van der Waals surface area contributed by atoms with E-state index < -0.39 is 5.97 Å². The monoisotopic (exact) mass is 353 g/mol. The Morgan fingerprint density at radius 3 is 2.77 bits per heavy atom. The summed E-state index contributed by atoms with van der Waals surface area (Å²) >= 11 is 0. The summed E-state index contributed by atoms with van der Waals surface area (Å²) in [6, 6.07) is 8.01. The number of hydrogen-bond donors (Lipinski definition) is 2. The fourth-order valence-electron chi connectivity index (χ4n) is 5.07. The number of H-pyrrole nitrogens is 1. The van der Waals surface area contributed by atoms with Gasteiger partial charge in [-0.25, -0.2) is 4.98 Å². The molecule has 3 fully saturated rings. The fraction of sp³-hybridized carbons (Fsp3) is 0.550. The summed E-state index contributed by atoms with van der Waals surface area (Å²) in [6.07, 6.45) is 4.30. The number of aliphatic carboxylic acids is 1. The number of benzene rings is 1. The van der Waals surface area contributed by atoms with Crippen molar-refractivity contribution in [3.05, 3.63) is 30.1 Å². The number of carboxylic acids is 1. The molecule has 1 aliphatic heterocycles. The number of nitrogens with one attached hydrogen (secondary N) is 1. The van der Waals surface area contributed by atoms with E-state index in [1.807, 2.05) is 29.2 Å². The van der Waals surface area contributed by atoms with Crippen molar-refractivity contribution in [2.24, 2.45) is 17.3 Å². The van der Waals surface area contributed by atoms with Crippen LogP contribution in [-0.4, -0.2) is 44.9 Å². The molecule has 1 spiro atoms. The summed E-state index contributed by atoms with van der Waals surface area (Å²) in [5, 5.41) is 9.14. The molecule has 6 nitrogen and oxygen atoms in total. The van der Waals surface area contributed by atoms with E-state index in [9.17, 15) is 9.59 Å². The van der Waals surface area contributed by atoms with Crippen molar-refractivity contribution in [3.8, 4) is 0 Å². The first-order valence-electron chi connectivity index (χ1n) is 9.52. The predicted octanol–water partition coefficient (Wildman–Crippen LogP) is 2.77. The van der Waals surface area contributed by atoms with Crippen molar-refractivity contribution in [1.29, 1.82) is 0 Å². The third kappa shape index (κ3) is 2.42. The zero-order valence-electron chi connectivity index (χ0n) is 14.6. The molecule has 0 radical (unpaired) electrons. The maximum absolute atomic E-state index is 12.9. The highest BCUT2D eigenvalue weighted by Gasteiger charge is 2.66. The van der Waals surface area contributed by atoms with Crippen molar-refractivity contribution in [2.45, 2.75) is 38.0 Å². The molecule has 2 saturated carbocycles. The van der Waals surface area contributed by atoms with Crippen molar-refractivity contribution >= 4 is 22.9 Å². The van der Waals surface area contributed by atoms with E-state index in [1.165, 1.54) is 0 Å². The van der Waals surface area contributed by atoms with Gasteiger partial charge in [0, 0.05) is 24.9 Å². The number of fused-ring (bicyclic) bond motifs is 1. The topological polar surface area (TPSA) is 86.3 Å². The van der Waals surface area contributed by atoms with Gasteiger partial charge in [0.1, 0.15) is 5.82 Å². The van der Waals surface area contributed by atoms with Gasteiger partial charge in [-0.15, -0.1) is 0 Å². The summed E-state index contributed by atoms with van der Waals surface area (Å²) in [4.78, 5) is 34.1. The molecule has 2 atom stereocenters. The Morgan fingerprint density at radius 2 is 2.04 bits per heavy atom. The van der Waals surface area contributed by atoms with Gasteiger partial charge in [0.05, 0.1) is 17.0 Å². The highest BCUT2D eigenvalue weighted by molar-refractivity contribution is 5.82. The first-order valence-corrected chi connectivity index (χ1v) is 9.52. The standard InChI is InChI=1S/C20H23N3O3/c24-18(13-8-20(9-13)10-14(20)19(25)26)23-7-3-4-12(11-23)17-21-15-5-1-2-6-16(15)22-17/h1-2,5-6,12-14H,3-4,7-11H2,(H,21,22)(H,25,26). The maximum Gasteiger partial charge on any atom is 0.307 e. The molecule has 1 amide bonds. The quantitative estimate of drug-likeness (QED) is 0.888. The average molecular weight is 353 g/mol. The lowest BCUT2D eigenvalue weighted by atomic mass is 9.69. The molecule has 26 heavy (non-hydrogen) atoms. The lowest BCUT2D eigenvalue weighted by molar-refractivity contribution is -0.146. The number of likely N-dealkylation sites (tertiary alicyclic amines) is 1. The number of aromatic amines is 1. The molecule has 1 aromatic heterocycles. The van der Waals surface area contributed by atoms with Crippen LogP contribution < -0.4 is 0 Å². The van der Waals surface area contributed by atoms with Crippen molar-refractivity contribution < 1.29 is 14.7 Å². The Balaban J connectivity index is 1.25. The zero-order valence-corrected chi connectivity index (χ0v) is 14.6. The van der Waals surface area contributed by atoms with E-state index in [-0.39, 0.29) is 29.1 Å². The Morgan fingerprint density at radius 1 is 1.23 bits per heavy atom. The van der Waals surface area contributed by atoms with E-state index in [0.717, 1.165) is 55.5 Å². The number of piperidine rings is 1. The number of amides is 1. The van der Waals surface area contributed by atoms with Gasteiger partial charge in [-0.1, -0.05) is 12.1 Å². The van der Waals surface area contributed by atoms with Crippen LogP contribution in [0.15, 0.2) is 24.3 Å². The van der Waals surface area contributed by atoms with Crippen molar-refractivity contribution in [2.75, 3.05) is 13.1 Å². The number of para-hydroxylation sites is 2. The van der Waals surface area contributed by atoms with Crippen LogP contribution in [0.2, 0.25) is 0 Å². The Bertz CT molecular complexity index is 850. The van der Waals surface area contributed by atoms with Crippen molar-refractivity contribution in [1.82, 2.24) is 14.9 Å². The summed E-state index contributed by atoms with van der Waals surface area (Å²) in [6.45, 7) is 1.52. The van der Waals surface area contributed by atoms with Crippen LogP contribution in [-0.2, 0) is 9.59 Å². The van der Waals surface area contributed by atoms with Crippen molar-refractivity contribution in [3.63, 3.8) is 0 Å². The zero-order chi connectivity index (χ0) is 17.9. The molecule has 2 aromatic rings. The third-order valence-electron chi connectivity index (χ3n) is 6.67. The molecular formula is C20H23N3O3. The fourth-order valence-corrected chi connectivity index (χ4v) is 5.07. The van der Waals surface area contributed by atoms with Crippen LogP contribution in [0, 0.1) is 17.3 Å². The summed E-state index contributed by atoms with van der Waals surface area (Å²) in [5.41, 5.74) is 1.96. The summed E-state index contributed by atoms with van der Waals surface area (Å²) < 4.78 is 0. The predicted molar refractivity (Wildman–Crippen MR) is 95.5 cm³/mol. The summed E-state index contributed by atoms with van der Waals surface area (Å²) in [7, 11) is 0. The highest BCUT2D eigenvalue weighted by atomic mass is 16.4. The average Bonchev–Trinajstić information content (AvgIpc) is 3.24. The third-order valence-corrected chi connectivity index (χ3v) is 6.67. The molecule has 2 N–H and O–H groups in total. The van der Waals surface area contributed by atoms with Crippen LogP contribution in [0.5, 0.6) is 0 Å². The van der Waals surface area contributed by atoms with E-state index in [1.54, 1.807) is 0 Å². The number of carbonyl (C=O) groups excluding carboxylic acids is 1. The van der Waals surface area contributed by atoms with Gasteiger partial charge < -0.3 is 15.0 Å². The van der Waals surface area contributed by atoms with Gasteiger partial charge in [0.2, 0.25) is 5.91 Å². The SMILES string of the molecule is O=C(O)C1CC12CC(C(=O)N1CCCC(c3nc4ccccc4[nH]3)C1)C2. The van der Waals surface area contributed by atoms with Crippen LogP contribution >= 0.6 is 0 Å². The lowest BCUT2D eigenvalue weighted by Crippen LogP contribution is -2.47. The first kappa shape index (κ1) is 15.9. The molecule has 2 heterocycles. The van der Waals surface area contributed by atoms with E-state index >= 15 is 0 Å². The second-order valence-electron chi connectivity index (χ2n) is 8.33. The van der Waals surface area contributed by atoms with Crippen LogP contribution in [0.1, 0.15) is 43.8 Å². The molecule has 5 rings (SSSR count). The molecule has 1 aromatic carbocycles. The molecule has 2 aliphatic carbocycles. The smallest absolute Gasteiger partial charge is 0.307 e. The molecule has 6 heteroatoms. The largest absolute Gasteiger partial charge is 0.481 e. The minimum atomic E-state index is -0.696. The number of carboxylic acid groups (broad SMARTS) is 1. The number of carbonyl (C=O) groups is 2. The van der Waals surface area contributed by atoms with Crippen LogP contribution in [0.25, 0.3) is 11.0 Å². The minimum Gasteiger partial charge on any atom is -0.481 e. The van der Waals surface area contributed by atoms with E-state index in [4.69, 9.17) is 10.1 Å². The Hall–Kier alpha value is -2.37. The van der Waals surface area contributed by atoms with Gasteiger partial charge >= 0.3 is 5.97 Å². The number of aromatic nitrogens is 2. The Kier molecular flexibility index (Phi) is 3.39. The van der Waals surface area contributed by atoms with E-state index in [0.29, 0.717) is 6.54 Å². The summed E-state index contributed by atoms with van der Waals surface area (Å²) in [5.74, 6) is 0.556. The lowest BCUT2D eigenvalue weighted by Gasteiger charge is -2.41. The number of hydrogen-bond acceptors (Lipinski definition) is 3. The number of rotatable bonds is 3. The molecule has 2 unspecified atom stereocenters. The first-order chi connectivity index (χ1) is 12.6. The number of imidazole rings is 1. The van der Waals surface area contributed by atoms with Crippen LogP contribution in [0.4, 0.5) is 0 Å². The van der Waals surface area contributed by atoms with Gasteiger partial charge in [-0.05, 0) is 49.7 Å². The molecule has 0 bridgehead atoms. The number of nitrogens with zero attached hydrogens (tertiary/aromatic N) is 2. The molecular weight excluding hydrogens is 330 g/mol. The van der Waals surface area contributed by atoms with Gasteiger partial charge in [0.25, 0.3) is 0 Å². The molecule has 1 saturated heterocycles. The molecule has 136 valence electrons.